The number of esters is 1. The molecule has 1 aromatic carbocycles. The lowest BCUT2D eigenvalue weighted by Crippen LogP contribution is -2.25. The second-order valence-corrected chi connectivity index (χ2v) is 4.65. The van der Waals surface area contributed by atoms with Crippen molar-refractivity contribution in [2.75, 3.05) is 20.3 Å². The van der Waals surface area contributed by atoms with Crippen molar-refractivity contribution in [3.8, 4) is 5.75 Å². The van der Waals surface area contributed by atoms with Crippen LogP contribution in [0.5, 0.6) is 5.75 Å². The minimum absolute atomic E-state index is 0.0149. The highest BCUT2D eigenvalue weighted by Crippen LogP contribution is 2.08. The molecule has 0 spiro atoms. The van der Waals surface area contributed by atoms with E-state index >= 15 is 0 Å². The van der Waals surface area contributed by atoms with Crippen molar-refractivity contribution in [2.24, 2.45) is 0 Å². The minimum Gasteiger partial charge on any atom is -0.493 e. The van der Waals surface area contributed by atoms with Gasteiger partial charge in [-0.1, -0.05) is 24.6 Å². The summed E-state index contributed by atoms with van der Waals surface area (Å²) >= 11 is 0. The van der Waals surface area contributed by atoms with Crippen LogP contribution >= 0.6 is 0 Å². The highest BCUT2D eigenvalue weighted by molar-refractivity contribution is 5.75. The smallest absolute Gasteiger partial charge is 0.305 e. The number of unbranched alkanes of at least 4 members (excludes halogenated alkanes) is 2. The third-order valence-electron chi connectivity index (χ3n) is 2.95. The highest BCUT2D eigenvalue weighted by atomic mass is 16.5. The van der Waals surface area contributed by atoms with E-state index in [0.29, 0.717) is 26.0 Å². The number of ether oxygens (including phenoxy) is 2. The van der Waals surface area contributed by atoms with E-state index in [-0.39, 0.29) is 11.9 Å². The zero-order valence-electron chi connectivity index (χ0n) is 12.5. The number of hydrogen-bond donors (Lipinski definition) is 1. The molecule has 0 heterocycles. The number of carbonyl (C=O) groups excluding carboxylic acids is 2. The quantitative estimate of drug-likeness (QED) is 0.531. The molecule has 0 aliphatic carbocycles. The SMILES string of the molecule is COC(=O)CCCCCNC(=O)CCOc1ccccc1. The summed E-state index contributed by atoms with van der Waals surface area (Å²) in [6.07, 6.45) is 3.34. The summed E-state index contributed by atoms with van der Waals surface area (Å²) in [6, 6.07) is 9.42. The summed E-state index contributed by atoms with van der Waals surface area (Å²) in [4.78, 5) is 22.4. The van der Waals surface area contributed by atoms with Crippen molar-refractivity contribution >= 4 is 11.9 Å². The van der Waals surface area contributed by atoms with Crippen LogP contribution in [-0.4, -0.2) is 32.1 Å². The summed E-state index contributed by atoms with van der Waals surface area (Å²) in [5, 5.41) is 2.84. The van der Waals surface area contributed by atoms with Crippen LogP contribution in [0.1, 0.15) is 32.1 Å². The van der Waals surface area contributed by atoms with Crippen LogP contribution in [0.15, 0.2) is 30.3 Å². The summed E-state index contributed by atoms with van der Waals surface area (Å²) in [7, 11) is 1.39. The van der Waals surface area contributed by atoms with Gasteiger partial charge in [0.25, 0.3) is 0 Å². The van der Waals surface area contributed by atoms with Gasteiger partial charge in [-0.3, -0.25) is 9.59 Å². The molecule has 1 N–H and O–H groups in total. The maximum absolute atomic E-state index is 11.6. The van der Waals surface area contributed by atoms with Crippen molar-refractivity contribution in [2.45, 2.75) is 32.1 Å². The van der Waals surface area contributed by atoms with Crippen molar-refractivity contribution in [3.05, 3.63) is 30.3 Å². The Morgan fingerprint density at radius 2 is 1.81 bits per heavy atom. The fourth-order valence-electron chi connectivity index (χ4n) is 1.77. The average Bonchev–Trinajstić information content (AvgIpc) is 2.51. The zero-order chi connectivity index (χ0) is 15.3. The molecule has 1 aromatic rings. The third-order valence-corrected chi connectivity index (χ3v) is 2.95. The fourth-order valence-corrected chi connectivity index (χ4v) is 1.77. The first-order chi connectivity index (χ1) is 10.2. The highest BCUT2D eigenvalue weighted by Gasteiger charge is 2.02. The number of nitrogens with one attached hydrogen (secondary N) is 1. The maximum Gasteiger partial charge on any atom is 0.305 e. The van der Waals surface area contributed by atoms with Gasteiger partial charge in [0, 0.05) is 13.0 Å². The topological polar surface area (TPSA) is 64.6 Å². The van der Waals surface area contributed by atoms with Gasteiger partial charge in [0.05, 0.1) is 20.1 Å². The number of methoxy groups -OCH3 is 1. The second-order valence-electron chi connectivity index (χ2n) is 4.65. The van der Waals surface area contributed by atoms with E-state index in [0.717, 1.165) is 25.0 Å². The Hall–Kier alpha value is -2.04. The van der Waals surface area contributed by atoms with Gasteiger partial charge in [0.1, 0.15) is 5.75 Å². The fraction of sp³-hybridized carbons (Fsp3) is 0.500. The molecular formula is C16H23NO4. The first kappa shape index (κ1) is 17.0. The molecule has 0 radical (unpaired) electrons. The van der Waals surface area contributed by atoms with Crippen LogP contribution in [-0.2, 0) is 14.3 Å². The predicted molar refractivity (Wildman–Crippen MR) is 80.0 cm³/mol. The Morgan fingerprint density at radius 3 is 2.52 bits per heavy atom. The Morgan fingerprint density at radius 1 is 1.05 bits per heavy atom. The molecular weight excluding hydrogens is 270 g/mol. The standard InChI is InChI=1S/C16H23NO4/c1-20-16(19)10-6-3-7-12-17-15(18)11-13-21-14-8-4-2-5-9-14/h2,4-5,8-9H,3,6-7,10-13H2,1H3,(H,17,18). The molecule has 0 unspecified atom stereocenters. The van der Waals surface area contributed by atoms with Gasteiger partial charge in [-0.15, -0.1) is 0 Å². The Balaban J connectivity index is 1.95. The first-order valence-electron chi connectivity index (χ1n) is 7.23. The zero-order valence-corrected chi connectivity index (χ0v) is 12.5. The largest absolute Gasteiger partial charge is 0.493 e. The van der Waals surface area contributed by atoms with Gasteiger partial charge in [0.15, 0.2) is 0 Å². The molecule has 116 valence electrons. The summed E-state index contributed by atoms with van der Waals surface area (Å²) in [6.45, 7) is 1.00. The second kappa shape index (κ2) is 10.7. The van der Waals surface area contributed by atoms with E-state index in [4.69, 9.17) is 4.74 Å². The van der Waals surface area contributed by atoms with Crippen LogP contribution in [0.2, 0.25) is 0 Å². The Bertz CT molecular complexity index is 420. The molecule has 0 fully saturated rings. The van der Waals surface area contributed by atoms with Crippen molar-refractivity contribution < 1.29 is 19.1 Å². The number of carbonyl (C=O) groups is 2. The van der Waals surface area contributed by atoms with Gasteiger partial charge in [0.2, 0.25) is 5.91 Å². The summed E-state index contributed by atoms with van der Waals surface area (Å²) in [5.41, 5.74) is 0. The van der Waals surface area contributed by atoms with Crippen LogP contribution in [0.3, 0.4) is 0 Å². The summed E-state index contributed by atoms with van der Waals surface area (Å²) in [5.74, 6) is 0.573. The molecule has 5 heteroatoms. The molecule has 0 bridgehead atoms. The van der Waals surface area contributed by atoms with Crippen LogP contribution in [0, 0.1) is 0 Å². The lowest BCUT2D eigenvalue weighted by atomic mass is 10.2. The van der Waals surface area contributed by atoms with E-state index in [1.54, 1.807) is 0 Å². The molecule has 1 amide bonds. The van der Waals surface area contributed by atoms with Crippen LogP contribution in [0.4, 0.5) is 0 Å². The molecule has 21 heavy (non-hydrogen) atoms. The molecule has 5 nitrogen and oxygen atoms in total. The number of amides is 1. The van der Waals surface area contributed by atoms with E-state index in [9.17, 15) is 9.59 Å². The van der Waals surface area contributed by atoms with E-state index in [1.165, 1.54) is 7.11 Å². The molecule has 0 saturated carbocycles. The lowest BCUT2D eigenvalue weighted by molar-refractivity contribution is -0.140. The number of benzene rings is 1. The van der Waals surface area contributed by atoms with Gasteiger partial charge >= 0.3 is 5.97 Å². The molecule has 0 aliphatic heterocycles. The Labute approximate surface area is 125 Å². The van der Waals surface area contributed by atoms with Crippen LogP contribution in [0.25, 0.3) is 0 Å². The molecule has 0 saturated heterocycles. The van der Waals surface area contributed by atoms with Gasteiger partial charge in [-0.2, -0.15) is 0 Å². The maximum atomic E-state index is 11.6. The molecule has 0 atom stereocenters. The number of rotatable bonds is 10. The van der Waals surface area contributed by atoms with Crippen molar-refractivity contribution in [1.29, 1.82) is 0 Å². The molecule has 1 rings (SSSR count). The van der Waals surface area contributed by atoms with Crippen LogP contribution < -0.4 is 10.1 Å². The third kappa shape index (κ3) is 8.68. The van der Waals surface area contributed by atoms with E-state index in [1.807, 2.05) is 30.3 Å². The van der Waals surface area contributed by atoms with Crippen molar-refractivity contribution in [3.63, 3.8) is 0 Å². The van der Waals surface area contributed by atoms with E-state index < -0.39 is 0 Å². The average molecular weight is 293 g/mol. The number of hydrogen-bond acceptors (Lipinski definition) is 4. The van der Waals surface area contributed by atoms with Crippen molar-refractivity contribution in [1.82, 2.24) is 5.32 Å². The molecule has 0 aromatic heterocycles. The Kier molecular flexibility index (Phi) is 8.68. The van der Waals surface area contributed by atoms with Gasteiger partial charge in [-0.25, -0.2) is 0 Å². The summed E-state index contributed by atoms with van der Waals surface area (Å²) < 4.78 is 10.0. The lowest BCUT2D eigenvalue weighted by Gasteiger charge is -2.07. The minimum atomic E-state index is -0.183. The normalized spacial score (nSPS) is 9.95. The monoisotopic (exact) mass is 293 g/mol. The number of para-hydroxylation sites is 1. The molecule has 0 aliphatic rings. The van der Waals surface area contributed by atoms with Gasteiger partial charge in [-0.05, 0) is 25.0 Å². The van der Waals surface area contributed by atoms with Gasteiger partial charge < -0.3 is 14.8 Å². The predicted octanol–water partition coefficient (Wildman–Crippen LogP) is 2.31. The first-order valence-corrected chi connectivity index (χ1v) is 7.23. The van der Waals surface area contributed by atoms with E-state index in [2.05, 4.69) is 10.1 Å².